The quantitative estimate of drug-likeness (QED) is 0.752. The highest BCUT2D eigenvalue weighted by Gasteiger charge is 2.17. The number of halogens is 1. The number of esters is 1. The molecule has 0 bridgehead atoms. The number of rotatable bonds is 7. The van der Waals surface area contributed by atoms with Crippen LogP contribution in [-0.2, 0) is 16.1 Å². The van der Waals surface area contributed by atoms with Crippen LogP contribution in [0.1, 0.15) is 30.5 Å². The Morgan fingerprint density at radius 2 is 1.96 bits per heavy atom. The predicted octanol–water partition coefficient (Wildman–Crippen LogP) is 3.26. The zero-order valence-corrected chi connectivity index (χ0v) is 14.7. The second-order valence-corrected chi connectivity index (χ2v) is 6.02. The second kappa shape index (κ2) is 8.70. The molecule has 0 radical (unpaired) electrons. The van der Waals surface area contributed by atoms with Crippen molar-refractivity contribution in [3.05, 3.63) is 64.1 Å². The lowest BCUT2D eigenvalue weighted by Crippen LogP contribution is -2.54. The summed E-state index contributed by atoms with van der Waals surface area (Å²) in [5, 5.41) is 0. The zero-order valence-electron chi connectivity index (χ0n) is 13.1. The Morgan fingerprint density at radius 1 is 1.22 bits per heavy atom. The Bertz CT molecular complexity index is 646. The summed E-state index contributed by atoms with van der Waals surface area (Å²) < 4.78 is 11.6. The van der Waals surface area contributed by atoms with Crippen LogP contribution in [0.5, 0.6) is 5.75 Å². The van der Waals surface area contributed by atoms with Crippen molar-refractivity contribution in [3.8, 4) is 5.75 Å². The van der Waals surface area contributed by atoms with Crippen LogP contribution in [0.25, 0.3) is 0 Å². The molecule has 1 atom stereocenters. The van der Waals surface area contributed by atoms with Gasteiger partial charge in [-0.1, -0.05) is 30.3 Å². The number of hydrogen-bond donors (Lipinski definition) is 1. The van der Waals surface area contributed by atoms with Gasteiger partial charge in [0.15, 0.2) is 0 Å². The van der Waals surface area contributed by atoms with Gasteiger partial charge in [0.25, 0.3) is 0 Å². The number of carbonyl (C=O) groups is 1. The van der Waals surface area contributed by atoms with Crippen molar-refractivity contribution in [2.45, 2.75) is 26.0 Å². The molecular weight excluding hydrogens is 358 g/mol. The van der Waals surface area contributed by atoms with E-state index in [1.54, 1.807) is 6.92 Å². The summed E-state index contributed by atoms with van der Waals surface area (Å²) in [5.74, 6) is 0.536. The second-order valence-electron chi connectivity index (χ2n) is 5.17. The summed E-state index contributed by atoms with van der Waals surface area (Å²) in [6, 6.07) is 15.6. The van der Waals surface area contributed by atoms with Crippen LogP contribution in [-0.4, -0.2) is 12.6 Å². The minimum Gasteiger partial charge on any atom is -0.488 e. The lowest BCUT2D eigenvalue weighted by molar-refractivity contribution is -0.425. The normalized spacial score (nSPS) is 11.8. The molecule has 5 heteroatoms. The predicted molar refractivity (Wildman–Crippen MR) is 91.8 cm³/mol. The monoisotopic (exact) mass is 378 g/mol. The van der Waals surface area contributed by atoms with E-state index in [9.17, 15) is 4.79 Å². The molecule has 2 aromatic carbocycles. The molecule has 4 nitrogen and oxygen atoms in total. The van der Waals surface area contributed by atoms with E-state index in [4.69, 9.17) is 9.47 Å². The van der Waals surface area contributed by atoms with E-state index in [-0.39, 0.29) is 18.4 Å². The Labute approximate surface area is 144 Å². The number of quaternary nitrogens is 1. The Hall–Kier alpha value is -1.85. The minimum atomic E-state index is -0.229. The van der Waals surface area contributed by atoms with Crippen LogP contribution in [0, 0.1) is 0 Å². The molecule has 0 aliphatic carbocycles. The highest BCUT2D eigenvalue weighted by atomic mass is 79.9. The highest BCUT2D eigenvalue weighted by Crippen LogP contribution is 2.29. The van der Waals surface area contributed by atoms with Gasteiger partial charge in [0.1, 0.15) is 24.8 Å². The van der Waals surface area contributed by atoms with Crippen molar-refractivity contribution in [1.82, 2.24) is 0 Å². The third kappa shape index (κ3) is 5.37. The summed E-state index contributed by atoms with van der Waals surface area (Å²) >= 11 is 3.52. The fraction of sp³-hybridized carbons (Fsp3) is 0.278. The first-order valence-corrected chi connectivity index (χ1v) is 8.34. The molecule has 0 spiro atoms. The van der Waals surface area contributed by atoms with Crippen LogP contribution in [0.4, 0.5) is 0 Å². The van der Waals surface area contributed by atoms with Crippen molar-refractivity contribution in [2.75, 3.05) is 6.61 Å². The van der Waals surface area contributed by atoms with Gasteiger partial charge in [0.05, 0.1) is 11.1 Å². The first kappa shape index (κ1) is 17.5. The smallest absolute Gasteiger partial charge is 0.312 e. The topological polar surface area (TPSA) is 63.2 Å². The van der Waals surface area contributed by atoms with Gasteiger partial charge >= 0.3 is 5.97 Å². The van der Waals surface area contributed by atoms with Gasteiger partial charge in [-0.3, -0.25) is 4.79 Å². The number of ether oxygens (including phenoxy) is 2. The van der Waals surface area contributed by atoms with E-state index in [2.05, 4.69) is 21.7 Å². The first-order chi connectivity index (χ1) is 11.1. The number of hydrogen-bond acceptors (Lipinski definition) is 3. The van der Waals surface area contributed by atoms with Crippen LogP contribution in [0.15, 0.2) is 53.0 Å². The van der Waals surface area contributed by atoms with Crippen molar-refractivity contribution in [2.24, 2.45) is 0 Å². The minimum absolute atomic E-state index is 0.145. The van der Waals surface area contributed by atoms with E-state index >= 15 is 0 Å². The molecule has 0 amide bonds. The van der Waals surface area contributed by atoms with Crippen LogP contribution >= 0.6 is 15.9 Å². The maximum absolute atomic E-state index is 11.5. The molecule has 122 valence electrons. The van der Waals surface area contributed by atoms with Crippen LogP contribution < -0.4 is 10.5 Å². The molecule has 3 N–H and O–H groups in total. The average molecular weight is 379 g/mol. The highest BCUT2D eigenvalue weighted by molar-refractivity contribution is 9.10. The SMILES string of the molecule is CCOC(=O)C[C@H]([NH3+])c1ccc(OCc2ccccc2)c(Br)c1. The van der Waals surface area contributed by atoms with Gasteiger partial charge in [0, 0.05) is 5.56 Å². The molecule has 2 aromatic rings. The average Bonchev–Trinajstić information content (AvgIpc) is 2.54. The van der Waals surface area contributed by atoms with Crippen molar-refractivity contribution >= 4 is 21.9 Å². The molecule has 0 unspecified atom stereocenters. The van der Waals surface area contributed by atoms with Crippen LogP contribution in [0.2, 0.25) is 0 Å². The Morgan fingerprint density at radius 3 is 2.61 bits per heavy atom. The van der Waals surface area contributed by atoms with Crippen molar-refractivity contribution < 1.29 is 20.0 Å². The molecule has 0 fully saturated rings. The summed E-state index contributed by atoms with van der Waals surface area (Å²) in [6.45, 7) is 2.70. The van der Waals surface area contributed by atoms with E-state index < -0.39 is 0 Å². The van der Waals surface area contributed by atoms with E-state index in [1.165, 1.54) is 0 Å². The number of benzene rings is 2. The lowest BCUT2D eigenvalue weighted by Gasteiger charge is -2.12. The fourth-order valence-corrected chi connectivity index (χ4v) is 2.67. The third-order valence-electron chi connectivity index (χ3n) is 3.38. The molecule has 0 aromatic heterocycles. The molecule has 0 heterocycles. The lowest BCUT2D eigenvalue weighted by atomic mass is 10.0. The molecule has 0 aliphatic heterocycles. The Balaban J connectivity index is 1.98. The summed E-state index contributed by atoms with van der Waals surface area (Å²) in [7, 11) is 0. The van der Waals surface area contributed by atoms with Gasteiger partial charge < -0.3 is 15.2 Å². The maximum Gasteiger partial charge on any atom is 0.312 e. The largest absolute Gasteiger partial charge is 0.488 e. The molecule has 23 heavy (non-hydrogen) atoms. The molecule has 2 rings (SSSR count). The molecule has 0 saturated heterocycles. The van der Waals surface area contributed by atoms with E-state index in [0.29, 0.717) is 13.2 Å². The zero-order chi connectivity index (χ0) is 16.7. The number of carbonyl (C=O) groups excluding carboxylic acids is 1. The fourth-order valence-electron chi connectivity index (χ4n) is 2.16. The van der Waals surface area contributed by atoms with Gasteiger partial charge in [-0.15, -0.1) is 0 Å². The molecular formula is C18H21BrNO3+. The van der Waals surface area contributed by atoms with Gasteiger partial charge in [0.2, 0.25) is 0 Å². The standard InChI is InChI=1S/C18H20BrNO3/c1-2-22-18(21)11-16(20)14-8-9-17(15(19)10-14)23-12-13-6-4-3-5-7-13/h3-10,16H,2,11-12,20H2,1H3/p+1/t16-/m0/s1. The first-order valence-electron chi connectivity index (χ1n) is 7.55. The molecule has 0 aliphatic rings. The van der Waals surface area contributed by atoms with E-state index in [1.807, 2.05) is 48.5 Å². The maximum atomic E-state index is 11.5. The van der Waals surface area contributed by atoms with Crippen molar-refractivity contribution in [1.29, 1.82) is 0 Å². The molecule has 0 saturated carbocycles. The van der Waals surface area contributed by atoms with E-state index in [0.717, 1.165) is 21.3 Å². The van der Waals surface area contributed by atoms with Crippen LogP contribution in [0.3, 0.4) is 0 Å². The summed E-state index contributed by atoms with van der Waals surface area (Å²) in [6.07, 6.45) is 0.268. The van der Waals surface area contributed by atoms with Gasteiger partial charge in [-0.25, -0.2) is 0 Å². The van der Waals surface area contributed by atoms with Crippen molar-refractivity contribution in [3.63, 3.8) is 0 Å². The van der Waals surface area contributed by atoms with Gasteiger partial charge in [-0.05, 0) is 46.6 Å². The third-order valence-corrected chi connectivity index (χ3v) is 4.00. The Kier molecular flexibility index (Phi) is 6.62. The summed E-state index contributed by atoms with van der Waals surface area (Å²) in [5.41, 5.74) is 6.11. The van der Waals surface area contributed by atoms with Gasteiger partial charge in [-0.2, -0.15) is 0 Å². The summed E-state index contributed by atoms with van der Waals surface area (Å²) in [4.78, 5) is 11.5.